The predicted octanol–water partition coefficient (Wildman–Crippen LogP) is 3.69. The first-order valence-corrected chi connectivity index (χ1v) is 6.12. The summed E-state index contributed by atoms with van der Waals surface area (Å²) < 4.78 is 0. The van der Waals surface area contributed by atoms with Crippen molar-refractivity contribution in [3.05, 3.63) is 0 Å². The molecule has 1 N–H and O–H groups in total. The van der Waals surface area contributed by atoms with E-state index in [1.807, 2.05) is 0 Å². The van der Waals surface area contributed by atoms with Crippen molar-refractivity contribution in [1.82, 2.24) is 5.32 Å². The second-order valence-electron chi connectivity index (χ2n) is 5.31. The second kappa shape index (κ2) is 6.44. The summed E-state index contributed by atoms with van der Waals surface area (Å²) in [6.07, 6.45) is 3.94. The molecule has 0 aromatic carbocycles. The SMILES string of the molecule is CCC(CNC)CC(C)C(C)(C)CC. The van der Waals surface area contributed by atoms with Crippen LogP contribution in [0.2, 0.25) is 0 Å². The van der Waals surface area contributed by atoms with Gasteiger partial charge >= 0.3 is 0 Å². The van der Waals surface area contributed by atoms with Crippen molar-refractivity contribution >= 4 is 0 Å². The molecular weight excluding hydrogens is 170 g/mol. The minimum Gasteiger partial charge on any atom is -0.319 e. The zero-order chi connectivity index (χ0) is 11.2. The topological polar surface area (TPSA) is 12.0 Å². The van der Waals surface area contributed by atoms with Gasteiger partial charge in [0.15, 0.2) is 0 Å². The van der Waals surface area contributed by atoms with Gasteiger partial charge in [-0.25, -0.2) is 0 Å². The zero-order valence-corrected chi connectivity index (χ0v) is 11.0. The van der Waals surface area contributed by atoms with Crippen molar-refractivity contribution in [2.45, 2.75) is 53.9 Å². The molecular formula is C13H29N. The van der Waals surface area contributed by atoms with Crippen molar-refractivity contribution in [2.75, 3.05) is 13.6 Å². The van der Waals surface area contributed by atoms with E-state index in [2.05, 4.69) is 47.0 Å². The summed E-state index contributed by atoms with van der Waals surface area (Å²) in [7, 11) is 2.05. The lowest BCUT2D eigenvalue weighted by Gasteiger charge is -2.33. The van der Waals surface area contributed by atoms with E-state index >= 15 is 0 Å². The van der Waals surface area contributed by atoms with E-state index in [0.717, 1.165) is 11.8 Å². The first kappa shape index (κ1) is 14.0. The summed E-state index contributed by atoms with van der Waals surface area (Å²) in [6, 6.07) is 0. The Bertz CT molecular complexity index is 140. The molecule has 0 aromatic rings. The minimum atomic E-state index is 0.501. The van der Waals surface area contributed by atoms with Gasteiger partial charge in [0, 0.05) is 0 Å². The Morgan fingerprint density at radius 1 is 1.21 bits per heavy atom. The number of nitrogens with one attached hydrogen (secondary N) is 1. The molecule has 0 saturated carbocycles. The van der Waals surface area contributed by atoms with Crippen LogP contribution in [0.1, 0.15) is 53.9 Å². The van der Waals surface area contributed by atoms with E-state index < -0.39 is 0 Å². The number of hydrogen-bond acceptors (Lipinski definition) is 1. The van der Waals surface area contributed by atoms with E-state index in [-0.39, 0.29) is 0 Å². The third kappa shape index (κ3) is 4.45. The number of rotatable bonds is 7. The van der Waals surface area contributed by atoms with Crippen LogP contribution in [-0.2, 0) is 0 Å². The Balaban J connectivity index is 4.07. The molecule has 0 fully saturated rings. The average Bonchev–Trinajstić information content (AvgIpc) is 2.16. The monoisotopic (exact) mass is 199 g/mol. The fourth-order valence-electron chi connectivity index (χ4n) is 1.85. The largest absolute Gasteiger partial charge is 0.319 e. The molecule has 0 heterocycles. The average molecular weight is 199 g/mol. The zero-order valence-electron chi connectivity index (χ0n) is 11.0. The third-order valence-electron chi connectivity index (χ3n) is 4.00. The van der Waals surface area contributed by atoms with E-state index in [9.17, 15) is 0 Å². The lowest BCUT2D eigenvalue weighted by molar-refractivity contribution is 0.181. The van der Waals surface area contributed by atoms with Crippen LogP contribution in [-0.4, -0.2) is 13.6 Å². The van der Waals surface area contributed by atoms with Gasteiger partial charge in [0.2, 0.25) is 0 Å². The van der Waals surface area contributed by atoms with Gasteiger partial charge in [-0.3, -0.25) is 0 Å². The van der Waals surface area contributed by atoms with Crippen molar-refractivity contribution in [2.24, 2.45) is 17.3 Å². The second-order valence-corrected chi connectivity index (χ2v) is 5.31. The van der Waals surface area contributed by atoms with Gasteiger partial charge in [0.25, 0.3) is 0 Å². The molecule has 0 aliphatic rings. The Kier molecular flexibility index (Phi) is 6.43. The molecule has 0 aliphatic carbocycles. The highest BCUT2D eigenvalue weighted by atomic mass is 14.8. The first-order chi connectivity index (χ1) is 6.47. The van der Waals surface area contributed by atoms with Gasteiger partial charge in [0.1, 0.15) is 0 Å². The Hall–Kier alpha value is -0.0400. The van der Waals surface area contributed by atoms with Crippen LogP contribution in [0.25, 0.3) is 0 Å². The summed E-state index contributed by atoms with van der Waals surface area (Å²) in [6.45, 7) is 13.0. The fourth-order valence-corrected chi connectivity index (χ4v) is 1.85. The molecule has 2 atom stereocenters. The van der Waals surface area contributed by atoms with E-state index in [1.54, 1.807) is 0 Å². The highest BCUT2D eigenvalue weighted by Crippen LogP contribution is 2.34. The molecule has 14 heavy (non-hydrogen) atoms. The molecule has 0 radical (unpaired) electrons. The van der Waals surface area contributed by atoms with Gasteiger partial charge in [-0.2, -0.15) is 0 Å². The summed E-state index contributed by atoms with van der Waals surface area (Å²) in [5.74, 6) is 1.67. The smallest absolute Gasteiger partial charge is 0.00235 e. The lowest BCUT2D eigenvalue weighted by atomic mass is 9.73. The van der Waals surface area contributed by atoms with Crippen molar-refractivity contribution in [1.29, 1.82) is 0 Å². The van der Waals surface area contributed by atoms with Gasteiger partial charge in [0.05, 0.1) is 0 Å². The van der Waals surface area contributed by atoms with Crippen LogP contribution in [0.4, 0.5) is 0 Å². The summed E-state index contributed by atoms with van der Waals surface area (Å²) >= 11 is 0. The summed E-state index contributed by atoms with van der Waals surface area (Å²) in [4.78, 5) is 0. The Morgan fingerprint density at radius 2 is 1.79 bits per heavy atom. The quantitative estimate of drug-likeness (QED) is 0.659. The molecule has 2 unspecified atom stereocenters. The van der Waals surface area contributed by atoms with Gasteiger partial charge in [-0.1, -0.05) is 47.5 Å². The molecule has 1 nitrogen and oxygen atoms in total. The molecule has 1 heteroatoms. The highest BCUT2D eigenvalue weighted by Gasteiger charge is 2.25. The molecule has 0 spiro atoms. The van der Waals surface area contributed by atoms with Gasteiger partial charge in [-0.05, 0) is 37.3 Å². The van der Waals surface area contributed by atoms with Crippen molar-refractivity contribution < 1.29 is 0 Å². The minimum absolute atomic E-state index is 0.501. The van der Waals surface area contributed by atoms with Gasteiger partial charge in [-0.15, -0.1) is 0 Å². The normalized spacial score (nSPS) is 16.7. The van der Waals surface area contributed by atoms with Crippen LogP contribution in [0, 0.1) is 17.3 Å². The molecule has 0 amide bonds. The summed E-state index contributed by atoms with van der Waals surface area (Å²) in [5, 5.41) is 3.29. The van der Waals surface area contributed by atoms with E-state index in [1.165, 1.54) is 25.8 Å². The molecule has 0 aliphatic heterocycles. The van der Waals surface area contributed by atoms with E-state index in [4.69, 9.17) is 0 Å². The first-order valence-electron chi connectivity index (χ1n) is 6.12. The van der Waals surface area contributed by atoms with Crippen LogP contribution in [0.3, 0.4) is 0 Å². The van der Waals surface area contributed by atoms with Crippen molar-refractivity contribution in [3.8, 4) is 0 Å². The van der Waals surface area contributed by atoms with E-state index in [0.29, 0.717) is 5.41 Å². The van der Waals surface area contributed by atoms with Crippen LogP contribution in [0.15, 0.2) is 0 Å². The summed E-state index contributed by atoms with van der Waals surface area (Å²) in [5.41, 5.74) is 0.501. The number of hydrogen-bond donors (Lipinski definition) is 1. The maximum absolute atomic E-state index is 3.29. The molecule has 86 valence electrons. The molecule has 0 saturated heterocycles. The maximum Gasteiger partial charge on any atom is -0.00235 e. The standard InChI is InChI=1S/C13H29N/c1-7-12(10-14-6)9-11(3)13(4,5)8-2/h11-12,14H,7-10H2,1-6H3. The Labute approximate surface area is 90.7 Å². The van der Waals surface area contributed by atoms with Crippen LogP contribution in [0.5, 0.6) is 0 Å². The highest BCUT2D eigenvalue weighted by molar-refractivity contribution is 4.76. The fraction of sp³-hybridized carbons (Fsp3) is 1.00. The van der Waals surface area contributed by atoms with Crippen molar-refractivity contribution in [3.63, 3.8) is 0 Å². The Morgan fingerprint density at radius 3 is 2.14 bits per heavy atom. The maximum atomic E-state index is 3.29. The van der Waals surface area contributed by atoms with Gasteiger partial charge < -0.3 is 5.32 Å². The third-order valence-corrected chi connectivity index (χ3v) is 4.00. The lowest BCUT2D eigenvalue weighted by Crippen LogP contribution is -2.27. The predicted molar refractivity (Wildman–Crippen MR) is 65.6 cm³/mol. The molecule has 0 bridgehead atoms. The van der Waals surface area contributed by atoms with Crippen LogP contribution < -0.4 is 5.32 Å². The molecule has 0 aromatic heterocycles. The van der Waals surface area contributed by atoms with Crippen LogP contribution >= 0.6 is 0 Å². The molecule has 0 rings (SSSR count).